The highest BCUT2D eigenvalue weighted by atomic mass is 19.1. The second-order valence-electron chi connectivity index (χ2n) is 5.73. The maximum Gasteiger partial charge on any atom is 0.271 e. The molecule has 1 aliphatic rings. The number of carbonyl (C=O) groups excluding carboxylic acids is 2. The van der Waals surface area contributed by atoms with Gasteiger partial charge in [0.15, 0.2) is 0 Å². The number of amides is 2. The second kappa shape index (κ2) is 8.52. The highest BCUT2D eigenvalue weighted by Crippen LogP contribution is 2.17. The normalized spacial score (nSPS) is 16.5. The lowest BCUT2D eigenvalue weighted by atomic mass is 10.1. The van der Waals surface area contributed by atoms with Crippen LogP contribution < -0.4 is 16.0 Å². The predicted octanol–water partition coefficient (Wildman–Crippen LogP) is 2.06. The van der Waals surface area contributed by atoms with Crippen LogP contribution in [0.5, 0.6) is 0 Å². The van der Waals surface area contributed by atoms with E-state index in [0.29, 0.717) is 6.54 Å². The molecule has 1 aromatic heterocycles. The van der Waals surface area contributed by atoms with Gasteiger partial charge in [0.25, 0.3) is 11.8 Å². The summed E-state index contributed by atoms with van der Waals surface area (Å²) in [5.41, 5.74) is -0.642. The molecule has 140 valence electrons. The summed E-state index contributed by atoms with van der Waals surface area (Å²) in [5.74, 6) is -3.42. The van der Waals surface area contributed by atoms with Crippen molar-refractivity contribution in [3.8, 4) is 0 Å². The first-order valence-electron chi connectivity index (χ1n) is 7.86. The van der Waals surface area contributed by atoms with Crippen LogP contribution in [0, 0.1) is 11.6 Å². The van der Waals surface area contributed by atoms with Gasteiger partial charge in [-0.3, -0.25) is 14.7 Å². The SMILES string of the molecule is C.O=C(N[C@H]1CCCNC1)c1[nH]ncc1NC(=O)c1c(F)cccc1F. The topological polar surface area (TPSA) is 98.9 Å². The molecule has 1 saturated heterocycles. The molecule has 2 heterocycles. The van der Waals surface area contributed by atoms with E-state index >= 15 is 0 Å². The highest BCUT2D eigenvalue weighted by Gasteiger charge is 2.23. The van der Waals surface area contributed by atoms with Gasteiger partial charge in [-0.2, -0.15) is 5.10 Å². The molecule has 4 N–H and O–H groups in total. The third-order valence-electron chi connectivity index (χ3n) is 3.94. The molecule has 1 aliphatic heterocycles. The van der Waals surface area contributed by atoms with E-state index in [0.717, 1.165) is 37.6 Å². The minimum absolute atomic E-state index is 0. The number of carbonyl (C=O) groups is 2. The van der Waals surface area contributed by atoms with E-state index in [-0.39, 0.29) is 24.8 Å². The Labute approximate surface area is 149 Å². The van der Waals surface area contributed by atoms with Crippen LogP contribution in [-0.2, 0) is 0 Å². The predicted molar refractivity (Wildman–Crippen MR) is 93.0 cm³/mol. The zero-order valence-corrected chi connectivity index (χ0v) is 13.2. The van der Waals surface area contributed by atoms with Crippen LogP contribution in [0.25, 0.3) is 0 Å². The van der Waals surface area contributed by atoms with Gasteiger partial charge in [-0.25, -0.2) is 8.78 Å². The van der Waals surface area contributed by atoms with Crippen molar-refractivity contribution in [1.29, 1.82) is 0 Å². The second-order valence-corrected chi connectivity index (χ2v) is 5.73. The lowest BCUT2D eigenvalue weighted by molar-refractivity contribution is 0.0926. The average molecular weight is 365 g/mol. The molecule has 1 aromatic carbocycles. The first kappa shape index (κ1) is 19.5. The molecule has 1 fully saturated rings. The summed E-state index contributed by atoms with van der Waals surface area (Å²) in [6.45, 7) is 1.56. The number of nitrogens with one attached hydrogen (secondary N) is 4. The molecule has 0 saturated carbocycles. The van der Waals surface area contributed by atoms with E-state index in [4.69, 9.17) is 0 Å². The van der Waals surface area contributed by atoms with Crippen molar-refractivity contribution in [2.75, 3.05) is 18.4 Å². The van der Waals surface area contributed by atoms with Crippen LogP contribution in [-0.4, -0.2) is 41.1 Å². The zero-order valence-electron chi connectivity index (χ0n) is 13.2. The molecular weight excluding hydrogens is 344 g/mol. The Hall–Kier alpha value is -2.81. The third-order valence-corrected chi connectivity index (χ3v) is 3.94. The van der Waals surface area contributed by atoms with Gasteiger partial charge >= 0.3 is 0 Å². The highest BCUT2D eigenvalue weighted by molar-refractivity contribution is 6.08. The minimum atomic E-state index is -0.995. The van der Waals surface area contributed by atoms with Gasteiger partial charge in [0.1, 0.15) is 22.9 Å². The summed E-state index contributed by atoms with van der Waals surface area (Å²) in [5, 5.41) is 14.5. The van der Waals surface area contributed by atoms with Crippen molar-refractivity contribution < 1.29 is 18.4 Å². The van der Waals surface area contributed by atoms with Crippen LogP contribution >= 0.6 is 0 Å². The van der Waals surface area contributed by atoms with Crippen LogP contribution in [0.3, 0.4) is 0 Å². The summed E-state index contributed by atoms with van der Waals surface area (Å²) in [6.07, 6.45) is 3.00. The van der Waals surface area contributed by atoms with Gasteiger partial charge in [0.05, 0.1) is 11.9 Å². The summed E-state index contributed by atoms with van der Waals surface area (Å²) < 4.78 is 27.4. The Morgan fingerprint density at radius 2 is 1.92 bits per heavy atom. The Morgan fingerprint density at radius 1 is 1.19 bits per heavy atom. The Kier molecular flexibility index (Phi) is 6.40. The van der Waals surface area contributed by atoms with Crippen molar-refractivity contribution >= 4 is 17.5 Å². The smallest absolute Gasteiger partial charge is 0.271 e. The van der Waals surface area contributed by atoms with Gasteiger partial charge < -0.3 is 16.0 Å². The number of hydrogen-bond donors (Lipinski definition) is 4. The van der Waals surface area contributed by atoms with Crippen molar-refractivity contribution in [3.05, 3.63) is 47.3 Å². The van der Waals surface area contributed by atoms with Gasteiger partial charge in [0, 0.05) is 12.6 Å². The molecule has 0 bridgehead atoms. The van der Waals surface area contributed by atoms with E-state index in [2.05, 4.69) is 26.1 Å². The molecule has 0 aliphatic carbocycles. The number of benzene rings is 1. The summed E-state index contributed by atoms with van der Waals surface area (Å²) >= 11 is 0. The lowest BCUT2D eigenvalue weighted by Crippen LogP contribution is -2.45. The van der Waals surface area contributed by atoms with Gasteiger partial charge in [-0.15, -0.1) is 0 Å². The quantitative estimate of drug-likeness (QED) is 0.666. The standard InChI is InChI=1S/C16H17F2N5O2.CH4/c17-10-4-1-5-11(18)13(10)15(24)22-12-8-20-23-14(12)16(25)21-9-3-2-6-19-7-9;/h1,4-5,8-9,19H,2-3,6-7H2,(H,20,23)(H,21,25)(H,22,24);1H4/t9-;/m0./s1. The third kappa shape index (κ3) is 4.23. The number of nitrogens with zero attached hydrogens (tertiary/aromatic N) is 1. The lowest BCUT2D eigenvalue weighted by Gasteiger charge is -2.23. The number of aromatic nitrogens is 2. The molecule has 2 amide bonds. The fraction of sp³-hybridized carbons (Fsp3) is 0.353. The summed E-state index contributed by atoms with van der Waals surface area (Å²) in [4.78, 5) is 24.5. The Bertz CT molecular complexity index is 767. The number of piperidine rings is 1. The van der Waals surface area contributed by atoms with Crippen molar-refractivity contribution in [2.45, 2.75) is 26.3 Å². The number of H-pyrrole nitrogens is 1. The molecule has 0 unspecified atom stereocenters. The van der Waals surface area contributed by atoms with E-state index in [1.807, 2.05) is 0 Å². The van der Waals surface area contributed by atoms with Crippen molar-refractivity contribution in [2.24, 2.45) is 0 Å². The van der Waals surface area contributed by atoms with Crippen LogP contribution in [0.1, 0.15) is 41.1 Å². The minimum Gasteiger partial charge on any atom is -0.347 e. The first-order chi connectivity index (χ1) is 12.1. The fourth-order valence-corrected chi connectivity index (χ4v) is 2.69. The summed E-state index contributed by atoms with van der Waals surface area (Å²) in [6, 6.07) is 3.10. The summed E-state index contributed by atoms with van der Waals surface area (Å²) in [7, 11) is 0. The van der Waals surface area contributed by atoms with Crippen LogP contribution in [0.4, 0.5) is 14.5 Å². The number of rotatable bonds is 4. The van der Waals surface area contributed by atoms with E-state index in [1.54, 1.807) is 0 Å². The molecule has 3 rings (SSSR count). The maximum absolute atomic E-state index is 13.7. The molecule has 7 nitrogen and oxygen atoms in total. The van der Waals surface area contributed by atoms with Gasteiger partial charge in [-0.05, 0) is 31.5 Å². The molecule has 2 aromatic rings. The van der Waals surface area contributed by atoms with E-state index in [9.17, 15) is 18.4 Å². The monoisotopic (exact) mass is 365 g/mol. The molecule has 9 heteroatoms. The van der Waals surface area contributed by atoms with Crippen LogP contribution in [0.2, 0.25) is 0 Å². The van der Waals surface area contributed by atoms with Crippen molar-refractivity contribution in [1.82, 2.24) is 20.8 Å². The number of aromatic amines is 1. The van der Waals surface area contributed by atoms with E-state index in [1.165, 1.54) is 6.20 Å². The average Bonchev–Trinajstić information content (AvgIpc) is 3.04. The molecule has 1 atom stereocenters. The van der Waals surface area contributed by atoms with Crippen LogP contribution in [0.15, 0.2) is 24.4 Å². The Morgan fingerprint density at radius 3 is 2.58 bits per heavy atom. The van der Waals surface area contributed by atoms with Gasteiger partial charge in [-0.1, -0.05) is 13.5 Å². The Balaban J connectivity index is 0.00000243. The maximum atomic E-state index is 13.7. The van der Waals surface area contributed by atoms with Gasteiger partial charge in [0.2, 0.25) is 0 Å². The number of anilines is 1. The molecule has 0 radical (unpaired) electrons. The number of halogens is 2. The molecule has 0 spiro atoms. The first-order valence-corrected chi connectivity index (χ1v) is 7.86. The zero-order chi connectivity index (χ0) is 17.8. The van der Waals surface area contributed by atoms with E-state index < -0.39 is 29.0 Å². The molecular formula is C17H21F2N5O2. The van der Waals surface area contributed by atoms with Crippen molar-refractivity contribution in [3.63, 3.8) is 0 Å². The largest absolute Gasteiger partial charge is 0.347 e. The number of hydrogen-bond acceptors (Lipinski definition) is 4. The molecule has 26 heavy (non-hydrogen) atoms. The fourth-order valence-electron chi connectivity index (χ4n) is 2.69.